The minimum Gasteiger partial charge on any atom is -0.295 e. The number of hydrogen-bond donors (Lipinski definition) is 0. The quantitative estimate of drug-likeness (QED) is 0.106. The molecule has 0 amide bonds. The molecule has 0 N–H and O–H groups in total. The Bertz CT molecular complexity index is 4310. The lowest BCUT2D eigenvalue weighted by Gasteiger charge is -2.33. The Kier molecular flexibility index (Phi) is 10.1. The van der Waals surface area contributed by atoms with Gasteiger partial charge in [0.1, 0.15) is 17.5 Å². The van der Waals surface area contributed by atoms with Crippen molar-refractivity contribution >= 4 is 105 Å². The fraction of sp³-hybridized carbons (Fsp3) is 0.0441. The van der Waals surface area contributed by atoms with Gasteiger partial charge in [0, 0.05) is 68.3 Å². The van der Waals surface area contributed by atoms with Crippen molar-refractivity contribution in [1.29, 1.82) is 0 Å². The average molecular weight is 949 g/mol. The van der Waals surface area contributed by atoms with Gasteiger partial charge in [0.25, 0.3) is 0 Å². The molecule has 6 nitrogen and oxygen atoms in total. The number of rotatable bonds is 9. The second-order valence-electron chi connectivity index (χ2n) is 19.7. The number of benzene rings is 10. The summed E-state index contributed by atoms with van der Waals surface area (Å²) in [5.74, 6) is 2.51. The van der Waals surface area contributed by atoms with E-state index in [2.05, 4.69) is 247 Å². The molecule has 1 aliphatic carbocycles. The molecule has 13 aromatic rings. The van der Waals surface area contributed by atoms with Gasteiger partial charge in [-0.15, -0.1) is 0 Å². The van der Waals surface area contributed by atoms with Crippen LogP contribution < -0.4 is 14.7 Å². The van der Waals surface area contributed by atoms with Gasteiger partial charge in [0.15, 0.2) is 0 Å². The molecule has 0 atom stereocenters. The van der Waals surface area contributed by atoms with E-state index in [1.807, 2.05) is 36.8 Å². The molecule has 3 aromatic heterocycles. The van der Waals surface area contributed by atoms with Gasteiger partial charge in [-0.3, -0.25) is 14.7 Å². The van der Waals surface area contributed by atoms with Crippen molar-refractivity contribution < 1.29 is 0 Å². The zero-order valence-electron chi connectivity index (χ0n) is 40.9. The summed E-state index contributed by atoms with van der Waals surface area (Å²) < 4.78 is 0. The summed E-state index contributed by atoms with van der Waals surface area (Å²) in [7, 11) is 0. The van der Waals surface area contributed by atoms with Crippen LogP contribution in [0.5, 0.6) is 0 Å². The van der Waals surface area contributed by atoms with E-state index >= 15 is 0 Å². The van der Waals surface area contributed by atoms with Crippen LogP contribution >= 0.6 is 0 Å². The van der Waals surface area contributed by atoms with Crippen molar-refractivity contribution in [2.24, 2.45) is 0 Å². The molecule has 6 heteroatoms. The Hall–Kier alpha value is -9.65. The molecule has 0 aliphatic heterocycles. The Morgan fingerprint density at radius 3 is 1.11 bits per heavy atom. The van der Waals surface area contributed by atoms with Gasteiger partial charge in [-0.2, -0.15) is 0 Å². The smallest absolute Gasteiger partial charge is 0.137 e. The van der Waals surface area contributed by atoms with E-state index in [0.29, 0.717) is 0 Å². The molecule has 0 fully saturated rings. The third-order valence-electron chi connectivity index (χ3n) is 15.1. The van der Waals surface area contributed by atoms with E-state index in [0.717, 1.165) is 83.9 Å². The first-order valence-corrected chi connectivity index (χ1v) is 25.2. The lowest BCUT2D eigenvalue weighted by atomic mass is 9.81. The van der Waals surface area contributed by atoms with Crippen molar-refractivity contribution in [2.75, 3.05) is 14.7 Å². The molecule has 0 spiro atoms. The Balaban J connectivity index is 1.07. The van der Waals surface area contributed by atoms with Crippen LogP contribution in [0.15, 0.2) is 255 Å². The number of pyridine rings is 3. The average Bonchev–Trinajstić information content (AvgIpc) is 3.75. The molecule has 3 heterocycles. The first kappa shape index (κ1) is 43.2. The van der Waals surface area contributed by atoms with Crippen LogP contribution in [0, 0.1) is 0 Å². The van der Waals surface area contributed by atoms with E-state index in [1.165, 1.54) is 43.8 Å². The van der Waals surface area contributed by atoms with Crippen LogP contribution in [0.1, 0.15) is 25.0 Å². The Labute approximate surface area is 429 Å². The van der Waals surface area contributed by atoms with E-state index in [1.54, 1.807) is 0 Å². The van der Waals surface area contributed by atoms with E-state index in [-0.39, 0.29) is 0 Å². The molecular formula is C68H48N6. The van der Waals surface area contributed by atoms with Gasteiger partial charge < -0.3 is 0 Å². The highest BCUT2D eigenvalue weighted by atomic mass is 15.2. The van der Waals surface area contributed by atoms with Gasteiger partial charge in [-0.05, 0) is 152 Å². The monoisotopic (exact) mass is 948 g/mol. The van der Waals surface area contributed by atoms with Crippen molar-refractivity contribution in [3.05, 3.63) is 266 Å². The maximum absolute atomic E-state index is 5.13. The molecule has 0 unspecified atom stereocenters. The van der Waals surface area contributed by atoms with Crippen LogP contribution in [0.2, 0.25) is 0 Å². The second kappa shape index (κ2) is 17.3. The fourth-order valence-electron chi connectivity index (χ4n) is 11.5. The zero-order valence-corrected chi connectivity index (χ0v) is 40.9. The highest BCUT2D eigenvalue weighted by Gasteiger charge is 2.38. The Morgan fingerprint density at radius 2 is 0.649 bits per heavy atom. The number of nitrogens with zero attached hydrogens (tertiary/aromatic N) is 6. The van der Waals surface area contributed by atoms with Gasteiger partial charge in [-0.25, -0.2) is 15.0 Å². The Morgan fingerprint density at radius 1 is 0.284 bits per heavy atom. The minimum atomic E-state index is -0.408. The summed E-state index contributed by atoms with van der Waals surface area (Å²) in [6, 6.07) is 85.2. The number of aromatic nitrogens is 3. The van der Waals surface area contributed by atoms with Crippen LogP contribution in [0.4, 0.5) is 51.6 Å². The lowest BCUT2D eigenvalue weighted by Crippen LogP contribution is -2.18. The minimum absolute atomic E-state index is 0.408. The summed E-state index contributed by atoms with van der Waals surface area (Å²) in [6.45, 7) is 4.76. The number of hydrogen-bond acceptors (Lipinski definition) is 6. The third kappa shape index (κ3) is 7.06. The van der Waals surface area contributed by atoms with Crippen molar-refractivity contribution in [3.63, 3.8) is 0 Å². The zero-order chi connectivity index (χ0) is 49.3. The van der Waals surface area contributed by atoms with Crippen molar-refractivity contribution in [1.82, 2.24) is 15.0 Å². The van der Waals surface area contributed by atoms with Gasteiger partial charge >= 0.3 is 0 Å². The van der Waals surface area contributed by atoms with Gasteiger partial charge in [0.2, 0.25) is 0 Å². The van der Waals surface area contributed by atoms with Gasteiger partial charge in [0.05, 0.1) is 11.4 Å². The normalized spacial score (nSPS) is 12.6. The predicted molar refractivity (Wildman–Crippen MR) is 309 cm³/mol. The topological polar surface area (TPSA) is 48.4 Å². The molecule has 1 aliphatic rings. The number of fused-ring (bicyclic) bond motifs is 8. The van der Waals surface area contributed by atoms with E-state index in [4.69, 9.17) is 15.0 Å². The lowest BCUT2D eigenvalue weighted by molar-refractivity contribution is 0.661. The van der Waals surface area contributed by atoms with E-state index < -0.39 is 5.41 Å². The highest BCUT2D eigenvalue weighted by Crippen LogP contribution is 2.57. The molecule has 0 bridgehead atoms. The highest BCUT2D eigenvalue weighted by molar-refractivity contribution is 6.24. The first-order valence-electron chi connectivity index (χ1n) is 25.2. The molecule has 0 saturated carbocycles. The standard InChI is InChI=1S/C68H48N6/c1-68(2)61-42-54(72(63-25-11-14-36-69-63)51-31-28-45-17-3-6-20-48(45)39-51)34-35-55(61)58-43-59-60(44-62(58)68)67(74(65-27-13-16-38-71-65)53-33-30-47-19-5-8-22-50(47)41-53)57-24-10-9-23-56(57)66(59)73(64-26-12-15-37-70-64)52-32-29-46-18-4-7-21-49(46)40-52/h3-44H,1-2H3. The van der Waals surface area contributed by atoms with Crippen LogP contribution in [-0.4, -0.2) is 15.0 Å². The second-order valence-corrected chi connectivity index (χ2v) is 19.7. The third-order valence-corrected chi connectivity index (χ3v) is 15.1. The molecular weight excluding hydrogens is 901 g/mol. The molecule has 74 heavy (non-hydrogen) atoms. The summed E-state index contributed by atoms with van der Waals surface area (Å²) in [6.07, 6.45) is 5.66. The first-order chi connectivity index (χ1) is 36.5. The van der Waals surface area contributed by atoms with Crippen LogP contribution in [0.25, 0.3) is 65.0 Å². The summed E-state index contributed by atoms with van der Waals surface area (Å²) >= 11 is 0. The van der Waals surface area contributed by atoms with Crippen molar-refractivity contribution in [2.45, 2.75) is 19.3 Å². The van der Waals surface area contributed by atoms with Crippen LogP contribution in [0.3, 0.4) is 0 Å². The molecule has 10 aromatic carbocycles. The fourth-order valence-corrected chi connectivity index (χ4v) is 11.5. The molecule has 14 rings (SSSR count). The van der Waals surface area contributed by atoms with Gasteiger partial charge in [-0.1, -0.05) is 153 Å². The summed E-state index contributed by atoms with van der Waals surface area (Å²) in [4.78, 5) is 22.2. The van der Waals surface area contributed by atoms with Crippen molar-refractivity contribution in [3.8, 4) is 11.1 Å². The van der Waals surface area contributed by atoms with E-state index in [9.17, 15) is 0 Å². The number of anilines is 9. The summed E-state index contributed by atoms with van der Waals surface area (Å²) in [5, 5.41) is 11.4. The SMILES string of the molecule is CC1(C)c2cc(N(c3ccc4ccccc4c3)c3ccccn3)ccc2-c2cc3c(N(c4ccc5ccccc5c4)c4ccccn4)c4ccccc4c(N(c4ccc5ccccc5c4)c4ccccn4)c3cc21. The maximum Gasteiger partial charge on any atom is 0.137 e. The molecule has 0 radical (unpaired) electrons. The predicted octanol–water partition coefficient (Wildman–Crippen LogP) is 18.4. The van der Waals surface area contributed by atoms with Crippen LogP contribution in [-0.2, 0) is 5.41 Å². The largest absolute Gasteiger partial charge is 0.295 e. The molecule has 350 valence electrons. The summed E-state index contributed by atoms with van der Waals surface area (Å²) in [5.41, 5.74) is 10.8. The molecule has 0 saturated heterocycles. The maximum atomic E-state index is 5.13.